The van der Waals surface area contributed by atoms with Crippen molar-refractivity contribution in [3.8, 4) is 0 Å². The summed E-state index contributed by atoms with van der Waals surface area (Å²) in [6, 6.07) is 8.13. The van der Waals surface area contributed by atoms with Crippen molar-refractivity contribution in [2.45, 2.75) is 26.3 Å². The van der Waals surface area contributed by atoms with Crippen LogP contribution in [-0.2, 0) is 6.42 Å². The molecule has 0 aliphatic heterocycles. The SMILES string of the molecule is Cc1ccc(CC(C)NC(=O)c2ccc(F)c(N)c2)s1. The van der Waals surface area contributed by atoms with Crippen molar-refractivity contribution in [2.75, 3.05) is 5.73 Å². The fourth-order valence-corrected chi connectivity index (χ4v) is 2.96. The number of anilines is 1. The summed E-state index contributed by atoms with van der Waals surface area (Å²) in [4.78, 5) is 14.5. The molecular weight excluding hydrogens is 275 g/mol. The number of nitrogen functional groups attached to an aromatic ring is 1. The minimum atomic E-state index is -0.511. The minimum Gasteiger partial charge on any atom is -0.396 e. The second-order valence-corrected chi connectivity index (χ2v) is 6.20. The Kier molecular flexibility index (Phi) is 4.39. The molecule has 0 saturated heterocycles. The summed E-state index contributed by atoms with van der Waals surface area (Å²) in [5, 5.41) is 2.89. The van der Waals surface area contributed by atoms with E-state index < -0.39 is 5.82 Å². The molecule has 106 valence electrons. The van der Waals surface area contributed by atoms with Crippen LogP contribution in [0.5, 0.6) is 0 Å². The molecule has 5 heteroatoms. The average Bonchev–Trinajstić information content (AvgIpc) is 2.77. The van der Waals surface area contributed by atoms with Crippen molar-refractivity contribution in [2.24, 2.45) is 0 Å². The van der Waals surface area contributed by atoms with Crippen LogP contribution in [0, 0.1) is 12.7 Å². The highest BCUT2D eigenvalue weighted by atomic mass is 32.1. The van der Waals surface area contributed by atoms with Crippen LogP contribution in [0.1, 0.15) is 27.0 Å². The van der Waals surface area contributed by atoms with E-state index in [0.717, 1.165) is 6.42 Å². The van der Waals surface area contributed by atoms with Crippen LogP contribution in [0.15, 0.2) is 30.3 Å². The Labute approximate surface area is 121 Å². The summed E-state index contributed by atoms with van der Waals surface area (Å²) in [6.45, 7) is 4.00. The fraction of sp³-hybridized carbons (Fsp3) is 0.267. The van der Waals surface area contributed by atoms with Crippen LogP contribution in [0.25, 0.3) is 0 Å². The molecule has 0 aliphatic carbocycles. The molecule has 20 heavy (non-hydrogen) atoms. The van der Waals surface area contributed by atoms with Crippen LogP contribution in [0.3, 0.4) is 0 Å². The largest absolute Gasteiger partial charge is 0.396 e. The van der Waals surface area contributed by atoms with Gasteiger partial charge < -0.3 is 11.1 Å². The van der Waals surface area contributed by atoms with E-state index in [-0.39, 0.29) is 17.6 Å². The van der Waals surface area contributed by atoms with E-state index in [0.29, 0.717) is 5.56 Å². The fourth-order valence-electron chi connectivity index (χ4n) is 1.94. The van der Waals surface area contributed by atoms with Crippen LogP contribution in [-0.4, -0.2) is 11.9 Å². The monoisotopic (exact) mass is 292 g/mol. The summed E-state index contributed by atoms with van der Waals surface area (Å²) in [5.41, 5.74) is 5.82. The summed E-state index contributed by atoms with van der Waals surface area (Å²) >= 11 is 1.72. The second-order valence-electron chi connectivity index (χ2n) is 4.83. The second kappa shape index (κ2) is 6.05. The lowest BCUT2D eigenvalue weighted by Gasteiger charge is -2.13. The van der Waals surface area contributed by atoms with Gasteiger partial charge in [-0.25, -0.2) is 4.39 Å². The number of hydrogen-bond acceptors (Lipinski definition) is 3. The van der Waals surface area contributed by atoms with Gasteiger partial charge in [0.1, 0.15) is 5.82 Å². The van der Waals surface area contributed by atoms with Crippen LogP contribution in [0.2, 0.25) is 0 Å². The maximum absolute atomic E-state index is 13.1. The number of thiophene rings is 1. The van der Waals surface area contributed by atoms with E-state index in [9.17, 15) is 9.18 Å². The molecule has 3 N–H and O–H groups in total. The number of rotatable bonds is 4. The third-order valence-electron chi connectivity index (χ3n) is 2.94. The molecule has 1 amide bonds. The molecule has 0 saturated carbocycles. The van der Waals surface area contributed by atoms with E-state index >= 15 is 0 Å². The first-order valence-corrected chi connectivity index (χ1v) is 7.18. The summed E-state index contributed by atoms with van der Waals surface area (Å²) < 4.78 is 13.1. The van der Waals surface area contributed by atoms with Crippen molar-refractivity contribution in [3.63, 3.8) is 0 Å². The van der Waals surface area contributed by atoms with Gasteiger partial charge in [-0.2, -0.15) is 0 Å². The van der Waals surface area contributed by atoms with Gasteiger partial charge in [0.05, 0.1) is 5.69 Å². The molecule has 2 aromatic rings. The number of carbonyl (C=O) groups excluding carboxylic acids is 1. The van der Waals surface area contributed by atoms with Gasteiger partial charge in [0.25, 0.3) is 5.91 Å². The topological polar surface area (TPSA) is 55.1 Å². The number of halogens is 1. The Balaban J connectivity index is 1.98. The maximum Gasteiger partial charge on any atom is 0.251 e. The van der Waals surface area contributed by atoms with Crippen molar-refractivity contribution >= 4 is 22.9 Å². The number of amides is 1. The third kappa shape index (κ3) is 3.57. The highest BCUT2D eigenvalue weighted by molar-refractivity contribution is 7.11. The van der Waals surface area contributed by atoms with E-state index in [1.807, 2.05) is 6.92 Å². The Morgan fingerprint density at radius 3 is 2.75 bits per heavy atom. The highest BCUT2D eigenvalue weighted by Gasteiger charge is 2.12. The molecular formula is C15H17FN2OS. The van der Waals surface area contributed by atoms with Gasteiger partial charge in [0, 0.05) is 27.8 Å². The minimum absolute atomic E-state index is 0.00632. The molecule has 1 atom stereocenters. The van der Waals surface area contributed by atoms with E-state index in [1.54, 1.807) is 11.3 Å². The Morgan fingerprint density at radius 2 is 2.15 bits per heavy atom. The number of nitrogens with one attached hydrogen (secondary N) is 1. The van der Waals surface area contributed by atoms with Crippen molar-refractivity contribution < 1.29 is 9.18 Å². The molecule has 1 heterocycles. The summed E-state index contributed by atoms with van der Waals surface area (Å²) in [6.07, 6.45) is 0.779. The quantitative estimate of drug-likeness (QED) is 0.851. The van der Waals surface area contributed by atoms with Gasteiger partial charge in [-0.1, -0.05) is 0 Å². The average molecular weight is 292 g/mol. The maximum atomic E-state index is 13.1. The Morgan fingerprint density at radius 1 is 1.40 bits per heavy atom. The predicted molar refractivity (Wildman–Crippen MR) is 80.5 cm³/mol. The van der Waals surface area contributed by atoms with Crippen LogP contribution < -0.4 is 11.1 Å². The third-order valence-corrected chi connectivity index (χ3v) is 3.96. The molecule has 1 aromatic heterocycles. The standard InChI is InChI=1S/C15H17FN2OS/c1-9(7-12-5-3-10(2)20-12)18-15(19)11-4-6-13(16)14(17)8-11/h3-6,8-9H,7,17H2,1-2H3,(H,18,19). The molecule has 0 radical (unpaired) electrons. The summed E-state index contributed by atoms with van der Waals surface area (Å²) in [5.74, 6) is -0.749. The van der Waals surface area contributed by atoms with Gasteiger partial charge >= 0.3 is 0 Å². The molecule has 0 bridgehead atoms. The van der Waals surface area contributed by atoms with E-state index in [4.69, 9.17) is 5.73 Å². The zero-order valence-electron chi connectivity index (χ0n) is 11.4. The highest BCUT2D eigenvalue weighted by Crippen LogP contribution is 2.17. The molecule has 0 aliphatic rings. The Hall–Kier alpha value is -1.88. The normalized spacial score (nSPS) is 12.2. The summed E-state index contributed by atoms with van der Waals surface area (Å²) in [7, 11) is 0. The molecule has 2 rings (SSSR count). The van der Waals surface area contributed by atoms with Crippen LogP contribution >= 0.6 is 11.3 Å². The molecule has 0 spiro atoms. The van der Waals surface area contributed by atoms with Crippen LogP contribution in [0.4, 0.5) is 10.1 Å². The van der Waals surface area contributed by atoms with Gasteiger partial charge in [0.2, 0.25) is 0 Å². The molecule has 0 fully saturated rings. The van der Waals surface area contributed by atoms with Gasteiger partial charge in [-0.3, -0.25) is 4.79 Å². The van der Waals surface area contributed by atoms with Crippen molar-refractivity contribution in [1.29, 1.82) is 0 Å². The predicted octanol–water partition coefficient (Wildman–Crippen LogP) is 3.14. The van der Waals surface area contributed by atoms with E-state index in [1.165, 1.54) is 28.0 Å². The number of nitrogens with two attached hydrogens (primary N) is 1. The van der Waals surface area contributed by atoms with Crippen molar-refractivity contribution in [3.05, 3.63) is 51.5 Å². The first kappa shape index (κ1) is 14.5. The number of hydrogen-bond donors (Lipinski definition) is 2. The molecule has 3 nitrogen and oxygen atoms in total. The molecule has 1 aromatic carbocycles. The number of carbonyl (C=O) groups is 1. The smallest absolute Gasteiger partial charge is 0.251 e. The lowest BCUT2D eigenvalue weighted by atomic mass is 10.1. The van der Waals surface area contributed by atoms with E-state index in [2.05, 4.69) is 24.4 Å². The van der Waals surface area contributed by atoms with Crippen molar-refractivity contribution in [1.82, 2.24) is 5.32 Å². The zero-order valence-corrected chi connectivity index (χ0v) is 12.3. The van der Waals surface area contributed by atoms with Gasteiger partial charge in [0.15, 0.2) is 0 Å². The number of benzene rings is 1. The van der Waals surface area contributed by atoms with Gasteiger partial charge in [-0.15, -0.1) is 11.3 Å². The molecule has 1 unspecified atom stereocenters. The lowest BCUT2D eigenvalue weighted by molar-refractivity contribution is 0.0940. The number of aryl methyl sites for hydroxylation is 1. The van der Waals surface area contributed by atoms with Gasteiger partial charge in [-0.05, 0) is 44.2 Å². The lowest BCUT2D eigenvalue weighted by Crippen LogP contribution is -2.33. The first-order valence-electron chi connectivity index (χ1n) is 6.37. The first-order chi connectivity index (χ1) is 9.45. The zero-order chi connectivity index (χ0) is 14.7. The Bertz CT molecular complexity index is 624.